The fourth-order valence-corrected chi connectivity index (χ4v) is 2.41. The molecule has 106 valence electrons. The molecule has 1 aromatic heterocycles. The quantitative estimate of drug-likeness (QED) is 0.608. The predicted octanol–water partition coefficient (Wildman–Crippen LogP) is 3.09. The molecule has 2 N–H and O–H groups in total. The minimum Gasteiger partial charge on any atom is -0.355 e. The molecule has 0 aliphatic rings. The van der Waals surface area contributed by atoms with E-state index in [2.05, 4.69) is 22.2 Å². The highest BCUT2D eigenvalue weighted by molar-refractivity contribution is 7.99. The van der Waals surface area contributed by atoms with Crippen molar-refractivity contribution in [3.8, 4) is 11.3 Å². The lowest BCUT2D eigenvalue weighted by Gasteiger charge is -2.02. The molecule has 2 rings (SSSR count). The summed E-state index contributed by atoms with van der Waals surface area (Å²) in [6.45, 7) is 2.86. The molecular formula is C15H19N3OS. The first-order valence-electron chi connectivity index (χ1n) is 6.79. The molecule has 1 aromatic carbocycles. The molecule has 20 heavy (non-hydrogen) atoms. The van der Waals surface area contributed by atoms with Gasteiger partial charge >= 0.3 is 0 Å². The Bertz CT molecular complexity index is 539. The number of imidazole rings is 1. The van der Waals surface area contributed by atoms with E-state index in [0.717, 1.165) is 35.8 Å². The van der Waals surface area contributed by atoms with E-state index < -0.39 is 0 Å². The van der Waals surface area contributed by atoms with Crippen LogP contribution in [0.15, 0.2) is 41.7 Å². The van der Waals surface area contributed by atoms with Crippen LogP contribution in [0.5, 0.6) is 0 Å². The van der Waals surface area contributed by atoms with Crippen LogP contribution < -0.4 is 5.32 Å². The largest absolute Gasteiger partial charge is 0.355 e. The molecule has 2 aromatic rings. The summed E-state index contributed by atoms with van der Waals surface area (Å²) in [5.41, 5.74) is 2.07. The Morgan fingerprint density at radius 3 is 2.90 bits per heavy atom. The number of hydrogen-bond donors (Lipinski definition) is 2. The van der Waals surface area contributed by atoms with Gasteiger partial charge < -0.3 is 10.3 Å². The number of unbranched alkanes of at least 4 members (excludes halogenated alkanes) is 1. The van der Waals surface area contributed by atoms with Crippen molar-refractivity contribution >= 4 is 17.7 Å². The molecule has 0 atom stereocenters. The molecule has 4 nitrogen and oxygen atoms in total. The fraction of sp³-hybridized carbons (Fsp3) is 0.333. The van der Waals surface area contributed by atoms with E-state index >= 15 is 0 Å². The molecule has 0 saturated heterocycles. The van der Waals surface area contributed by atoms with E-state index in [9.17, 15) is 4.79 Å². The summed E-state index contributed by atoms with van der Waals surface area (Å²) < 4.78 is 0. The van der Waals surface area contributed by atoms with Crippen molar-refractivity contribution in [3.05, 3.63) is 36.5 Å². The number of carbonyl (C=O) groups excluding carboxylic acids is 1. The number of aromatic amines is 1. The first-order chi connectivity index (χ1) is 9.79. The highest BCUT2D eigenvalue weighted by Gasteiger charge is 2.06. The predicted molar refractivity (Wildman–Crippen MR) is 82.7 cm³/mol. The Hall–Kier alpha value is -1.75. The smallest absolute Gasteiger partial charge is 0.230 e. The van der Waals surface area contributed by atoms with Crippen molar-refractivity contribution in [2.24, 2.45) is 0 Å². The maximum Gasteiger partial charge on any atom is 0.230 e. The third-order valence-electron chi connectivity index (χ3n) is 2.83. The number of aromatic nitrogens is 2. The summed E-state index contributed by atoms with van der Waals surface area (Å²) in [4.78, 5) is 19.1. The molecule has 1 amide bonds. The third-order valence-corrected chi connectivity index (χ3v) is 3.72. The van der Waals surface area contributed by atoms with Gasteiger partial charge in [-0.05, 0) is 12.0 Å². The number of nitrogens with one attached hydrogen (secondary N) is 2. The van der Waals surface area contributed by atoms with Gasteiger partial charge in [0.15, 0.2) is 5.16 Å². The second-order valence-electron chi connectivity index (χ2n) is 4.46. The molecule has 0 spiro atoms. The second kappa shape index (κ2) is 7.75. The SMILES string of the molecule is CCCCNC(=O)CSc1ncc(-c2ccccc2)[nH]1. The number of amides is 1. The number of H-pyrrole nitrogens is 1. The van der Waals surface area contributed by atoms with Crippen LogP contribution in [-0.2, 0) is 4.79 Å². The van der Waals surface area contributed by atoms with Crippen LogP contribution in [0.2, 0.25) is 0 Å². The van der Waals surface area contributed by atoms with Crippen molar-refractivity contribution in [1.29, 1.82) is 0 Å². The molecule has 0 aliphatic heterocycles. The van der Waals surface area contributed by atoms with E-state index in [1.807, 2.05) is 30.3 Å². The van der Waals surface area contributed by atoms with E-state index in [-0.39, 0.29) is 5.91 Å². The van der Waals surface area contributed by atoms with Gasteiger partial charge in [-0.15, -0.1) is 0 Å². The van der Waals surface area contributed by atoms with Crippen molar-refractivity contribution in [3.63, 3.8) is 0 Å². The average Bonchev–Trinajstić information content (AvgIpc) is 2.95. The minimum atomic E-state index is 0.0566. The lowest BCUT2D eigenvalue weighted by atomic mass is 10.2. The lowest BCUT2D eigenvalue weighted by Crippen LogP contribution is -2.26. The van der Waals surface area contributed by atoms with E-state index in [1.165, 1.54) is 11.8 Å². The van der Waals surface area contributed by atoms with Crippen molar-refractivity contribution < 1.29 is 4.79 Å². The van der Waals surface area contributed by atoms with Gasteiger partial charge in [-0.3, -0.25) is 4.79 Å². The lowest BCUT2D eigenvalue weighted by molar-refractivity contribution is -0.118. The van der Waals surface area contributed by atoms with Crippen LogP contribution in [0.3, 0.4) is 0 Å². The molecular weight excluding hydrogens is 270 g/mol. The Morgan fingerprint density at radius 1 is 1.35 bits per heavy atom. The van der Waals surface area contributed by atoms with Gasteiger partial charge in [0.05, 0.1) is 17.6 Å². The molecule has 0 fully saturated rings. The van der Waals surface area contributed by atoms with Gasteiger partial charge in [-0.1, -0.05) is 55.4 Å². The van der Waals surface area contributed by atoms with Gasteiger partial charge in [-0.2, -0.15) is 0 Å². The van der Waals surface area contributed by atoms with Gasteiger partial charge in [0.25, 0.3) is 0 Å². The Balaban J connectivity index is 1.83. The molecule has 1 heterocycles. The van der Waals surface area contributed by atoms with Crippen molar-refractivity contribution in [2.45, 2.75) is 24.9 Å². The Labute approximate surface area is 123 Å². The molecule has 0 unspecified atom stereocenters. The fourth-order valence-electron chi connectivity index (χ4n) is 1.73. The molecule has 0 radical (unpaired) electrons. The van der Waals surface area contributed by atoms with Gasteiger partial charge in [0.1, 0.15) is 0 Å². The average molecular weight is 289 g/mol. The number of rotatable bonds is 7. The second-order valence-corrected chi connectivity index (χ2v) is 5.42. The number of thioether (sulfide) groups is 1. The zero-order valence-electron chi connectivity index (χ0n) is 11.6. The highest BCUT2D eigenvalue weighted by atomic mass is 32.2. The third kappa shape index (κ3) is 4.42. The minimum absolute atomic E-state index is 0.0566. The van der Waals surface area contributed by atoms with Crippen LogP contribution in [-0.4, -0.2) is 28.2 Å². The summed E-state index contributed by atoms with van der Waals surface area (Å²) in [5, 5.41) is 3.66. The van der Waals surface area contributed by atoms with E-state index in [0.29, 0.717) is 5.75 Å². The number of nitrogens with zero attached hydrogens (tertiary/aromatic N) is 1. The summed E-state index contributed by atoms with van der Waals surface area (Å²) in [7, 11) is 0. The maximum atomic E-state index is 11.6. The van der Waals surface area contributed by atoms with Crippen molar-refractivity contribution in [1.82, 2.24) is 15.3 Å². The van der Waals surface area contributed by atoms with Crippen LogP contribution in [0.25, 0.3) is 11.3 Å². The zero-order chi connectivity index (χ0) is 14.2. The Kier molecular flexibility index (Phi) is 5.68. The van der Waals surface area contributed by atoms with Crippen LogP contribution in [0, 0.1) is 0 Å². The molecule has 0 bridgehead atoms. The topological polar surface area (TPSA) is 57.8 Å². The molecule has 0 aliphatic carbocycles. The first kappa shape index (κ1) is 14.7. The van der Waals surface area contributed by atoms with Gasteiger partial charge in [0.2, 0.25) is 5.91 Å². The zero-order valence-corrected chi connectivity index (χ0v) is 12.4. The number of benzene rings is 1. The molecule has 0 saturated carbocycles. The summed E-state index contributed by atoms with van der Waals surface area (Å²) >= 11 is 1.42. The summed E-state index contributed by atoms with van der Waals surface area (Å²) in [5.74, 6) is 0.451. The Morgan fingerprint density at radius 2 is 2.15 bits per heavy atom. The highest BCUT2D eigenvalue weighted by Crippen LogP contribution is 2.20. The maximum absolute atomic E-state index is 11.6. The van der Waals surface area contributed by atoms with Crippen molar-refractivity contribution in [2.75, 3.05) is 12.3 Å². The monoisotopic (exact) mass is 289 g/mol. The van der Waals surface area contributed by atoms with E-state index in [4.69, 9.17) is 0 Å². The van der Waals surface area contributed by atoms with Crippen LogP contribution in [0.1, 0.15) is 19.8 Å². The summed E-state index contributed by atoms with van der Waals surface area (Å²) in [6.07, 6.45) is 3.91. The molecule has 5 heteroatoms. The van der Waals surface area contributed by atoms with Crippen LogP contribution >= 0.6 is 11.8 Å². The number of hydrogen-bond acceptors (Lipinski definition) is 3. The van der Waals surface area contributed by atoms with Gasteiger partial charge in [-0.25, -0.2) is 4.98 Å². The normalized spacial score (nSPS) is 10.4. The summed E-state index contributed by atoms with van der Waals surface area (Å²) in [6, 6.07) is 10.0. The first-order valence-corrected chi connectivity index (χ1v) is 7.78. The van der Waals surface area contributed by atoms with E-state index in [1.54, 1.807) is 6.20 Å². The van der Waals surface area contributed by atoms with Gasteiger partial charge in [0, 0.05) is 6.54 Å². The number of carbonyl (C=O) groups is 1. The standard InChI is InChI=1S/C15H19N3OS/c1-2-3-9-16-14(19)11-20-15-17-10-13(18-15)12-7-5-4-6-8-12/h4-8,10H,2-3,9,11H2,1H3,(H,16,19)(H,17,18). The van der Waals surface area contributed by atoms with Crippen LogP contribution in [0.4, 0.5) is 0 Å².